The Balaban J connectivity index is 1.42. The first-order valence-corrected chi connectivity index (χ1v) is 12.4. The van der Waals surface area contributed by atoms with Gasteiger partial charge in [-0.3, -0.25) is 4.79 Å². The molecule has 7 heteroatoms. The van der Waals surface area contributed by atoms with Crippen molar-refractivity contribution < 1.29 is 14.3 Å². The van der Waals surface area contributed by atoms with Crippen LogP contribution in [0.4, 0.5) is 5.69 Å². The van der Waals surface area contributed by atoms with Gasteiger partial charge in [-0.05, 0) is 76.2 Å². The van der Waals surface area contributed by atoms with Gasteiger partial charge in [0.25, 0.3) is 5.91 Å². The second-order valence-electron chi connectivity index (χ2n) is 8.11. The van der Waals surface area contributed by atoms with Gasteiger partial charge in [-0.25, -0.2) is 0 Å². The number of carbonyl (C=O) groups is 1. The first-order valence-electron chi connectivity index (χ1n) is 11.3. The van der Waals surface area contributed by atoms with E-state index < -0.39 is 0 Å². The van der Waals surface area contributed by atoms with Gasteiger partial charge in [-0.1, -0.05) is 36.4 Å². The zero-order chi connectivity index (χ0) is 24.6. The van der Waals surface area contributed by atoms with Crippen LogP contribution in [0.3, 0.4) is 0 Å². The molecular weight excluding hydrogens is 553 g/mol. The number of rotatable bonds is 7. The minimum atomic E-state index is -0.252. The first kappa shape index (κ1) is 24.6. The third kappa shape index (κ3) is 6.34. The van der Waals surface area contributed by atoms with Gasteiger partial charge in [0.2, 0.25) is 0 Å². The van der Waals surface area contributed by atoms with Crippen LogP contribution in [0.15, 0.2) is 78.4 Å². The van der Waals surface area contributed by atoms with Crippen molar-refractivity contribution in [3.63, 3.8) is 0 Å². The molecule has 3 aromatic carbocycles. The summed E-state index contributed by atoms with van der Waals surface area (Å²) in [6.45, 7) is 3.02. The largest absolute Gasteiger partial charge is 0.493 e. The van der Waals surface area contributed by atoms with Gasteiger partial charge in [0, 0.05) is 35.4 Å². The highest BCUT2D eigenvalue weighted by molar-refractivity contribution is 14.1. The van der Waals surface area contributed by atoms with E-state index in [1.807, 2.05) is 48.5 Å². The second-order valence-corrected chi connectivity index (χ2v) is 9.36. The highest BCUT2D eigenvalue weighted by Crippen LogP contribution is 2.30. The fourth-order valence-electron chi connectivity index (χ4n) is 3.92. The Hall–Kier alpha value is -3.51. The van der Waals surface area contributed by atoms with Crippen molar-refractivity contribution >= 4 is 40.3 Å². The highest BCUT2D eigenvalue weighted by atomic mass is 127. The van der Waals surface area contributed by atoms with E-state index in [1.165, 1.54) is 3.57 Å². The molecule has 1 amide bonds. The lowest BCUT2D eigenvalue weighted by Gasteiger charge is -2.36. The van der Waals surface area contributed by atoms with E-state index in [2.05, 4.69) is 45.7 Å². The lowest BCUT2D eigenvalue weighted by molar-refractivity contribution is -0.126. The summed E-state index contributed by atoms with van der Waals surface area (Å²) in [5.41, 5.74) is 3.01. The standard InChI is InChI=1S/C28H26IN3O3/c1-34-27-18-22(9-12-26(27)35-20-21-7-10-24(29)11-8-21)17-23(19-30)28(33)32-15-13-31(14-16-32)25-5-3-2-4-6-25/h2-12,17-18H,13-16,20H2,1H3/b23-17-. The van der Waals surface area contributed by atoms with Crippen molar-refractivity contribution in [3.8, 4) is 17.6 Å². The van der Waals surface area contributed by atoms with Crippen molar-refractivity contribution in [1.82, 2.24) is 4.90 Å². The maximum absolute atomic E-state index is 13.0. The molecule has 0 aliphatic carbocycles. The predicted octanol–water partition coefficient (Wildman–Crippen LogP) is 5.13. The number of halogens is 1. The fraction of sp³-hybridized carbons (Fsp3) is 0.214. The van der Waals surface area contributed by atoms with Crippen LogP contribution < -0.4 is 14.4 Å². The van der Waals surface area contributed by atoms with Gasteiger partial charge in [-0.2, -0.15) is 5.26 Å². The first-order chi connectivity index (χ1) is 17.1. The quantitative estimate of drug-likeness (QED) is 0.221. The van der Waals surface area contributed by atoms with Crippen LogP contribution in [0.5, 0.6) is 11.5 Å². The van der Waals surface area contributed by atoms with Gasteiger partial charge in [0.05, 0.1) is 7.11 Å². The molecule has 0 atom stereocenters. The van der Waals surface area contributed by atoms with E-state index in [9.17, 15) is 10.1 Å². The van der Waals surface area contributed by atoms with Crippen molar-refractivity contribution in [1.29, 1.82) is 5.26 Å². The van der Waals surface area contributed by atoms with Crippen LogP contribution in [0.25, 0.3) is 6.08 Å². The molecule has 1 heterocycles. The van der Waals surface area contributed by atoms with E-state index in [4.69, 9.17) is 9.47 Å². The molecule has 1 aliphatic rings. The summed E-state index contributed by atoms with van der Waals surface area (Å²) in [4.78, 5) is 17.0. The summed E-state index contributed by atoms with van der Waals surface area (Å²) in [5, 5.41) is 9.70. The van der Waals surface area contributed by atoms with Crippen molar-refractivity contribution in [2.75, 3.05) is 38.2 Å². The predicted molar refractivity (Wildman–Crippen MR) is 145 cm³/mol. The zero-order valence-corrected chi connectivity index (χ0v) is 21.6. The maximum atomic E-state index is 13.0. The monoisotopic (exact) mass is 579 g/mol. The Morgan fingerprint density at radius 1 is 1.00 bits per heavy atom. The maximum Gasteiger partial charge on any atom is 0.264 e. The fourth-order valence-corrected chi connectivity index (χ4v) is 4.28. The molecule has 3 aromatic rings. The molecule has 0 spiro atoms. The van der Waals surface area contributed by atoms with E-state index >= 15 is 0 Å². The van der Waals surface area contributed by atoms with E-state index in [1.54, 1.807) is 30.2 Å². The Kier molecular flexibility index (Phi) is 8.27. The molecular formula is C28H26IN3O3. The molecule has 1 aliphatic heterocycles. The number of hydrogen-bond donors (Lipinski definition) is 0. The summed E-state index contributed by atoms with van der Waals surface area (Å²) < 4.78 is 12.6. The lowest BCUT2D eigenvalue weighted by Crippen LogP contribution is -2.49. The van der Waals surface area contributed by atoms with Crippen LogP contribution in [-0.4, -0.2) is 44.1 Å². The number of carbonyl (C=O) groups excluding carboxylic acids is 1. The van der Waals surface area contributed by atoms with Crippen LogP contribution in [-0.2, 0) is 11.4 Å². The summed E-state index contributed by atoms with van der Waals surface area (Å²) in [7, 11) is 1.57. The lowest BCUT2D eigenvalue weighted by atomic mass is 10.1. The summed E-state index contributed by atoms with van der Waals surface area (Å²) in [6, 6.07) is 25.7. The molecule has 0 unspecified atom stereocenters. The van der Waals surface area contributed by atoms with E-state index in [0.717, 1.165) is 24.3 Å². The number of piperazine rings is 1. The minimum Gasteiger partial charge on any atom is -0.493 e. The van der Waals surface area contributed by atoms with Crippen LogP contribution in [0.2, 0.25) is 0 Å². The number of para-hydroxylation sites is 1. The van der Waals surface area contributed by atoms with Crippen LogP contribution in [0.1, 0.15) is 11.1 Å². The Morgan fingerprint density at radius 3 is 2.37 bits per heavy atom. The number of anilines is 1. The third-order valence-corrected chi connectivity index (χ3v) is 6.56. The summed E-state index contributed by atoms with van der Waals surface area (Å²) in [5.74, 6) is 0.897. The molecule has 0 bridgehead atoms. The number of ether oxygens (including phenoxy) is 2. The molecule has 1 fully saturated rings. The van der Waals surface area contributed by atoms with Gasteiger partial charge >= 0.3 is 0 Å². The molecule has 35 heavy (non-hydrogen) atoms. The Morgan fingerprint density at radius 2 is 1.71 bits per heavy atom. The number of amides is 1. The highest BCUT2D eigenvalue weighted by Gasteiger charge is 2.24. The van der Waals surface area contributed by atoms with Crippen LogP contribution in [0, 0.1) is 14.9 Å². The van der Waals surface area contributed by atoms with Crippen LogP contribution >= 0.6 is 22.6 Å². The molecule has 178 valence electrons. The van der Waals surface area contributed by atoms with Gasteiger partial charge < -0.3 is 19.3 Å². The molecule has 6 nitrogen and oxygen atoms in total. The topological polar surface area (TPSA) is 65.8 Å². The Labute approximate surface area is 219 Å². The molecule has 0 aromatic heterocycles. The summed E-state index contributed by atoms with van der Waals surface area (Å²) >= 11 is 2.27. The van der Waals surface area contributed by atoms with Crippen molar-refractivity contribution in [2.24, 2.45) is 0 Å². The average molecular weight is 579 g/mol. The SMILES string of the molecule is COc1cc(/C=C(/C#N)C(=O)N2CCN(c3ccccc3)CC2)ccc1OCc1ccc(I)cc1. The molecule has 4 rings (SSSR count). The molecule has 0 radical (unpaired) electrons. The number of benzene rings is 3. The third-order valence-electron chi connectivity index (χ3n) is 5.85. The molecule has 0 saturated carbocycles. The number of nitrogens with zero attached hydrogens (tertiary/aromatic N) is 3. The average Bonchev–Trinajstić information content (AvgIpc) is 2.92. The minimum absolute atomic E-state index is 0.104. The van der Waals surface area contributed by atoms with Crippen molar-refractivity contribution in [2.45, 2.75) is 6.61 Å². The smallest absolute Gasteiger partial charge is 0.264 e. The number of methoxy groups -OCH3 is 1. The normalized spacial score (nSPS) is 13.8. The number of nitriles is 1. The zero-order valence-electron chi connectivity index (χ0n) is 19.5. The van der Waals surface area contributed by atoms with Gasteiger partial charge in [-0.15, -0.1) is 0 Å². The summed E-state index contributed by atoms with van der Waals surface area (Å²) in [6.07, 6.45) is 1.61. The second kappa shape index (κ2) is 11.8. The van der Waals surface area contributed by atoms with E-state index in [-0.39, 0.29) is 11.5 Å². The van der Waals surface area contributed by atoms with Crippen molar-refractivity contribution in [3.05, 3.63) is 93.1 Å². The van der Waals surface area contributed by atoms with E-state index in [0.29, 0.717) is 36.8 Å². The van der Waals surface area contributed by atoms with Gasteiger partial charge in [0.15, 0.2) is 11.5 Å². The molecule has 1 saturated heterocycles. The number of hydrogen-bond acceptors (Lipinski definition) is 5. The molecule has 0 N–H and O–H groups in total. The van der Waals surface area contributed by atoms with Gasteiger partial charge in [0.1, 0.15) is 18.2 Å². The Bertz CT molecular complexity index is 1230.